The number of nitrogens with zero attached hydrogens (tertiary/aromatic N) is 2. The fourth-order valence-electron chi connectivity index (χ4n) is 2.50. The molecule has 112 valence electrons. The van der Waals surface area contributed by atoms with Crippen molar-refractivity contribution in [1.29, 1.82) is 0 Å². The number of carbonyl (C=O) groups excluding carboxylic acids is 1. The van der Waals surface area contributed by atoms with Crippen LogP contribution in [0, 0.1) is 5.92 Å². The molecule has 2 heterocycles. The van der Waals surface area contributed by atoms with Gasteiger partial charge in [-0.05, 0) is 19.8 Å². The number of rotatable bonds is 7. The summed E-state index contributed by atoms with van der Waals surface area (Å²) in [5, 5.41) is 0. The van der Waals surface area contributed by atoms with Crippen LogP contribution < -0.4 is 5.73 Å². The average Bonchev–Trinajstić information content (AvgIpc) is 3.09. The highest BCUT2D eigenvalue weighted by Crippen LogP contribution is 2.26. The van der Waals surface area contributed by atoms with E-state index in [0.717, 1.165) is 38.3 Å². The Hall–Kier alpha value is -1.40. The van der Waals surface area contributed by atoms with E-state index in [4.69, 9.17) is 15.2 Å². The summed E-state index contributed by atoms with van der Waals surface area (Å²) in [4.78, 5) is 15.5. The predicted molar refractivity (Wildman–Crippen MR) is 73.9 cm³/mol. The van der Waals surface area contributed by atoms with Crippen molar-refractivity contribution >= 4 is 5.97 Å². The Morgan fingerprint density at radius 1 is 1.70 bits per heavy atom. The molecule has 0 bridgehead atoms. The molecule has 0 aromatic carbocycles. The van der Waals surface area contributed by atoms with E-state index in [-0.39, 0.29) is 12.0 Å². The molecule has 0 spiro atoms. The molecule has 0 radical (unpaired) electrons. The predicted octanol–water partition coefficient (Wildman–Crippen LogP) is 1.26. The molecule has 1 saturated heterocycles. The summed E-state index contributed by atoms with van der Waals surface area (Å²) in [7, 11) is 0. The first-order valence-corrected chi connectivity index (χ1v) is 7.21. The van der Waals surface area contributed by atoms with E-state index in [9.17, 15) is 4.79 Å². The van der Waals surface area contributed by atoms with Gasteiger partial charge in [0.05, 0.1) is 31.3 Å². The molecule has 1 aliphatic rings. The number of aryl methyl sites for hydroxylation is 1. The number of esters is 1. The van der Waals surface area contributed by atoms with Gasteiger partial charge in [-0.25, -0.2) is 4.98 Å². The van der Waals surface area contributed by atoms with Gasteiger partial charge in [-0.3, -0.25) is 4.79 Å². The quantitative estimate of drug-likeness (QED) is 0.761. The zero-order valence-electron chi connectivity index (χ0n) is 12.0. The Morgan fingerprint density at radius 2 is 2.55 bits per heavy atom. The van der Waals surface area contributed by atoms with E-state index in [1.165, 1.54) is 0 Å². The standard InChI is InChI=1S/C14H23N3O3/c1-2-20-13(18)4-3-6-17-10-16-8-12(17)14(15)11-5-7-19-9-11/h8,10-11,14H,2-7,9,15H2,1H3. The minimum Gasteiger partial charge on any atom is -0.466 e. The number of carbonyl (C=O) groups is 1. The molecular weight excluding hydrogens is 258 g/mol. The third kappa shape index (κ3) is 3.80. The molecule has 2 atom stereocenters. The molecule has 1 aliphatic heterocycles. The van der Waals surface area contributed by atoms with Gasteiger partial charge in [0, 0.05) is 31.7 Å². The van der Waals surface area contributed by atoms with E-state index in [1.807, 2.05) is 17.7 Å². The summed E-state index contributed by atoms with van der Waals surface area (Å²) in [6, 6.07) is -0.0532. The van der Waals surface area contributed by atoms with Crippen LogP contribution in [0.5, 0.6) is 0 Å². The van der Waals surface area contributed by atoms with Gasteiger partial charge in [0.15, 0.2) is 0 Å². The largest absolute Gasteiger partial charge is 0.466 e. The third-order valence-corrected chi connectivity index (χ3v) is 3.64. The van der Waals surface area contributed by atoms with Crippen LogP contribution >= 0.6 is 0 Å². The van der Waals surface area contributed by atoms with Crippen molar-refractivity contribution in [2.24, 2.45) is 11.7 Å². The lowest BCUT2D eigenvalue weighted by Crippen LogP contribution is -2.24. The first-order valence-electron chi connectivity index (χ1n) is 7.21. The van der Waals surface area contributed by atoms with E-state index < -0.39 is 0 Å². The van der Waals surface area contributed by atoms with Crippen molar-refractivity contribution in [1.82, 2.24) is 9.55 Å². The van der Waals surface area contributed by atoms with E-state index in [1.54, 1.807) is 6.33 Å². The van der Waals surface area contributed by atoms with Crippen molar-refractivity contribution in [3.05, 3.63) is 18.2 Å². The maximum absolute atomic E-state index is 11.3. The fourth-order valence-corrected chi connectivity index (χ4v) is 2.50. The first kappa shape index (κ1) is 15.0. The smallest absolute Gasteiger partial charge is 0.305 e. The lowest BCUT2D eigenvalue weighted by atomic mass is 9.97. The number of hydrogen-bond donors (Lipinski definition) is 1. The lowest BCUT2D eigenvalue weighted by Gasteiger charge is -2.19. The van der Waals surface area contributed by atoms with Crippen molar-refractivity contribution in [3.63, 3.8) is 0 Å². The van der Waals surface area contributed by atoms with Crippen LogP contribution in [0.3, 0.4) is 0 Å². The first-order chi connectivity index (χ1) is 9.72. The maximum atomic E-state index is 11.3. The van der Waals surface area contributed by atoms with Gasteiger partial charge < -0.3 is 19.8 Å². The summed E-state index contributed by atoms with van der Waals surface area (Å²) < 4.78 is 12.3. The lowest BCUT2D eigenvalue weighted by molar-refractivity contribution is -0.143. The van der Waals surface area contributed by atoms with Gasteiger partial charge in [-0.2, -0.15) is 0 Å². The molecular formula is C14H23N3O3. The molecule has 2 N–H and O–H groups in total. The zero-order valence-corrected chi connectivity index (χ0v) is 12.0. The van der Waals surface area contributed by atoms with Gasteiger partial charge in [0.25, 0.3) is 0 Å². The molecule has 6 heteroatoms. The van der Waals surface area contributed by atoms with Gasteiger partial charge in [0.1, 0.15) is 0 Å². The summed E-state index contributed by atoms with van der Waals surface area (Å²) >= 11 is 0. The molecule has 6 nitrogen and oxygen atoms in total. The fraction of sp³-hybridized carbons (Fsp3) is 0.714. The topological polar surface area (TPSA) is 79.4 Å². The number of aromatic nitrogens is 2. The monoisotopic (exact) mass is 281 g/mol. The Labute approximate surface area is 119 Å². The summed E-state index contributed by atoms with van der Waals surface area (Å²) in [6.45, 7) is 4.48. The molecule has 2 rings (SSSR count). The van der Waals surface area contributed by atoms with Gasteiger partial charge in [0.2, 0.25) is 0 Å². The number of imidazole rings is 1. The second kappa shape index (κ2) is 7.40. The normalized spacial score (nSPS) is 20.0. The zero-order chi connectivity index (χ0) is 14.4. The van der Waals surface area contributed by atoms with E-state index >= 15 is 0 Å². The SMILES string of the molecule is CCOC(=O)CCCn1cncc1C(N)C1CCOC1. The van der Waals surface area contributed by atoms with Crippen LogP contribution in [-0.2, 0) is 20.8 Å². The average molecular weight is 281 g/mol. The van der Waals surface area contributed by atoms with Crippen LogP contribution in [0.15, 0.2) is 12.5 Å². The van der Waals surface area contributed by atoms with Gasteiger partial charge >= 0.3 is 5.97 Å². The third-order valence-electron chi connectivity index (χ3n) is 3.64. The van der Waals surface area contributed by atoms with Crippen LogP contribution in [0.1, 0.15) is 37.9 Å². The number of nitrogens with two attached hydrogens (primary N) is 1. The highest BCUT2D eigenvalue weighted by Gasteiger charge is 2.26. The second-order valence-corrected chi connectivity index (χ2v) is 5.07. The maximum Gasteiger partial charge on any atom is 0.305 e. The van der Waals surface area contributed by atoms with Crippen LogP contribution in [0.4, 0.5) is 0 Å². The highest BCUT2D eigenvalue weighted by molar-refractivity contribution is 5.69. The minimum atomic E-state index is -0.150. The molecule has 2 unspecified atom stereocenters. The molecule has 0 amide bonds. The van der Waals surface area contributed by atoms with Gasteiger partial charge in [-0.1, -0.05) is 0 Å². The van der Waals surface area contributed by atoms with Crippen molar-refractivity contribution < 1.29 is 14.3 Å². The highest BCUT2D eigenvalue weighted by atomic mass is 16.5. The van der Waals surface area contributed by atoms with Crippen LogP contribution in [0.25, 0.3) is 0 Å². The summed E-state index contributed by atoms with van der Waals surface area (Å²) in [6.07, 6.45) is 5.74. The van der Waals surface area contributed by atoms with Crippen LogP contribution in [0.2, 0.25) is 0 Å². The Morgan fingerprint density at radius 3 is 3.25 bits per heavy atom. The van der Waals surface area contributed by atoms with Crippen molar-refractivity contribution in [3.8, 4) is 0 Å². The Bertz CT molecular complexity index is 427. The van der Waals surface area contributed by atoms with Crippen molar-refractivity contribution in [2.75, 3.05) is 19.8 Å². The summed E-state index contributed by atoms with van der Waals surface area (Å²) in [5.41, 5.74) is 7.31. The van der Waals surface area contributed by atoms with E-state index in [0.29, 0.717) is 18.9 Å². The molecule has 1 aromatic rings. The molecule has 1 fully saturated rings. The van der Waals surface area contributed by atoms with Crippen molar-refractivity contribution in [2.45, 2.75) is 38.8 Å². The molecule has 20 heavy (non-hydrogen) atoms. The van der Waals surface area contributed by atoms with E-state index in [2.05, 4.69) is 4.98 Å². The number of ether oxygens (including phenoxy) is 2. The Kier molecular flexibility index (Phi) is 5.55. The second-order valence-electron chi connectivity index (χ2n) is 5.07. The summed E-state index contributed by atoms with van der Waals surface area (Å²) in [5.74, 6) is 0.207. The number of hydrogen-bond acceptors (Lipinski definition) is 5. The minimum absolute atomic E-state index is 0.0532. The molecule has 1 aromatic heterocycles. The molecule has 0 aliphatic carbocycles. The van der Waals surface area contributed by atoms with Gasteiger partial charge in [-0.15, -0.1) is 0 Å². The molecule has 0 saturated carbocycles. The van der Waals surface area contributed by atoms with Crippen LogP contribution in [-0.4, -0.2) is 35.3 Å². The Balaban J connectivity index is 1.86.